The minimum atomic E-state index is -0.782. The average molecular weight is 917 g/mol. The van der Waals surface area contributed by atoms with Gasteiger partial charge in [-0.15, -0.1) is 0 Å². The first-order valence-corrected chi connectivity index (χ1v) is 27.2. The SMILES string of the molecule is CC/C=C\C/C=C\C/C=C\C/C=C\C/C=C\C/C=C\C/C=C\C/C=C\CCCCCCC(=O)OCC(COC(=O)CCCCCCCCCCC)OC(=O)CCCCCCCCCCCC. The summed E-state index contributed by atoms with van der Waals surface area (Å²) in [6.45, 7) is 6.46. The first-order chi connectivity index (χ1) is 32.5. The number of esters is 3. The van der Waals surface area contributed by atoms with Crippen molar-refractivity contribution in [2.24, 2.45) is 0 Å². The number of hydrogen-bond acceptors (Lipinski definition) is 6. The van der Waals surface area contributed by atoms with Crippen LogP contribution >= 0.6 is 0 Å². The Hall–Kier alpha value is -3.67. The van der Waals surface area contributed by atoms with Crippen molar-refractivity contribution in [3.63, 3.8) is 0 Å². The predicted molar refractivity (Wildman–Crippen MR) is 284 cm³/mol. The van der Waals surface area contributed by atoms with Gasteiger partial charge in [-0.05, 0) is 83.5 Å². The molecule has 0 N–H and O–H groups in total. The molecule has 66 heavy (non-hydrogen) atoms. The number of hydrogen-bond donors (Lipinski definition) is 0. The quantitative estimate of drug-likeness (QED) is 0.0262. The highest BCUT2D eigenvalue weighted by Crippen LogP contribution is 2.14. The van der Waals surface area contributed by atoms with Crippen molar-refractivity contribution < 1.29 is 28.6 Å². The zero-order valence-corrected chi connectivity index (χ0v) is 42.9. The van der Waals surface area contributed by atoms with Crippen LogP contribution in [0.4, 0.5) is 0 Å². The molecule has 376 valence electrons. The Bertz CT molecular complexity index is 1330. The molecular weight excluding hydrogens is 817 g/mol. The maximum absolute atomic E-state index is 12.7. The lowest BCUT2D eigenvalue weighted by Gasteiger charge is -2.18. The van der Waals surface area contributed by atoms with E-state index in [0.29, 0.717) is 19.3 Å². The highest BCUT2D eigenvalue weighted by Gasteiger charge is 2.19. The van der Waals surface area contributed by atoms with Crippen molar-refractivity contribution in [3.8, 4) is 0 Å². The maximum Gasteiger partial charge on any atom is 0.306 e. The molecule has 0 aromatic carbocycles. The van der Waals surface area contributed by atoms with Gasteiger partial charge in [-0.2, -0.15) is 0 Å². The van der Waals surface area contributed by atoms with Gasteiger partial charge in [0.2, 0.25) is 0 Å². The van der Waals surface area contributed by atoms with E-state index in [1.165, 1.54) is 83.5 Å². The fourth-order valence-corrected chi connectivity index (χ4v) is 7.28. The summed E-state index contributed by atoms with van der Waals surface area (Å²) in [7, 11) is 0. The average Bonchev–Trinajstić information content (AvgIpc) is 3.31. The molecule has 6 heteroatoms. The molecule has 0 radical (unpaired) electrons. The molecule has 1 unspecified atom stereocenters. The van der Waals surface area contributed by atoms with Crippen LogP contribution in [0.5, 0.6) is 0 Å². The summed E-state index contributed by atoms with van der Waals surface area (Å²) in [5.74, 6) is -0.915. The lowest BCUT2D eigenvalue weighted by Crippen LogP contribution is -2.30. The van der Waals surface area contributed by atoms with Crippen LogP contribution < -0.4 is 0 Å². The van der Waals surface area contributed by atoms with Gasteiger partial charge in [0.1, 0.15) is 13.2 Å². The molecule has 0 aliphatic rings. The molecule has 0 fully saturated rings. The van der Waals surface area contributed by atoms with Gasteiger partial charge < -0.3 is 14.2 Å². The highest BCUT2D eigenvalue weighted by atomic mass is 16.6. The Morgan fingerprint density at radius 2 is 0.591 bits per heavy atom. The second kappa shape index (κ2) is 53.9. The Morgan fingerprint density at radius 3 is 0.924 bits per heavy atom. The molecule has 0 bridgehead atoms. The maximum atomic E-state index is 12.7. The summed E-state index contributed by atoms with van der Waals surface area (Å²) >= 11 is 0. The van der Waals surface area contributed by atoms with Gasteiger partial charge in [-0.1, -0.05) is 240 Å². The number of rotatable bonds is 48. The fourth-order valence-electron chi connectivity index (χ4n) is 7.28. The topological polar surface area (TPSA) is 78.9 Å². The molecule has 0 heterocycles. The molecule has 0 aromatic rings. The van der Waals surface area contributed by atoms with E-state index in [1.54, 1.807) is 0 Å². The van der Waals surface area contributed by atoms with Crippen LogP contribution in [0.3, 0.4) is 0 Å². The van der Waals surface area contributed by atoms with E-state index in [9.17, 15) is 14.4 Å². The molecule has 0 saturated carbocycles. The Labute approximate surface area is 407 Å². The van der Waals surface area contributed by atoms with Gasteiger partial charge in [0.15, 0.2) is 6.10 Å². The van der Waals surface area contributed by atoms with Crippen LogP contribution in [-0.2, 0) is 28.6 Å². The minimum Gasteiger partial charge on any atom is -0.462 e. The first kappa shape index (κ1) is 62.3. The Kier molecular flexibility index (Phi) is 50.9. The summed E-state index contributed by atoms with van der Waals surface area (Å²) in [4.78, 5) is 37.8. The lowest BCUT2D eigenvalue weighted by atomic mass is 10.1. The predicted octanol–water partition coefficient (Wildman–Crippen LogP) is 18.1. The fraction of sp³-hybridized carbons (Fsp3) is 0.683. The monoisotopic (exact) mass is 917 g/mol. The van der Waals surface area contributed by atoms with Crippen LogP contribution in [0.25, 0.3) is 0 Å². The van der Waals surface area contributed by atoms with Gasteiger partial charge in [0.05, 0.1) is 0 Å². The molecule has 0 aliphatic heterocycles. The standard InChI is InChI=1S/C60H100O6/c1-4-7-10-13-16-19-21-22-23-24-25-26-27-28-29-30-31-32-33-34-35-36-37-38-39-42-44-47-50-53-59(62)65-56-57(55-64-58(61)52-49-46-43-40-18-15-12-9-6-3)66-60(63)54-51-48-45-41-20-17-14-11-8-5-2/h7,10,16,19,22-23,25-26,28-29,31-32,34-35,37-38,57H,4-6,8-9,11-15,17-18,20-21,24,27,30,33,36,39-56H2,1-3H3/b10-7-,19-16-,23-22-,26-25-,29-28-,32-31-,35-34-,38-37-. The molecule has 6 nitrogen and oxygen atoms in total. The van der Waals surface area contributed by atoms with Crippen molar-refractivity contribution >= 4 is 17.9 Å². The third-order valence-corrected chi connectivity index (χ3v) is 11.4. The van der Waals surface area contributed by atoms with E-state index in [2.05, 4.69) is 118 Å². The third-order valence-electron chi connectivity index (χ3n) is 11.4. The van der Waals surface area contributed by atoms with Crippen molar-refractivity contribution in [2.75, 3.05) is 13.2 Å². The van der Waals surface area contributed by atoms with Crippen molar-refractivity contribution in [2.45, 2.75) is 252 Å². The normalized spacial score (nSPS) is 12.8. The Morgan fingerprint density at radius 1 is 0.318 bits per heavy atom. The summed E-state index contributed by atoms with van der Waals surface area (Å²) in [6.07, 6.45) is 71.2. The van der Waals surface area contributed by atoms with Gasteiger partial charge in [0, 0.05) is 19.3 Å². The smallest absolute Gasteiger partial charge is 0.306 e. The lowest BCUT2D eigenvalue weighted by molar-refractivity contribution is -0.167. The van der Waals surface area contributed by atoms with Gasteiger partial charge in [0.25, 0.3) is 0 Å². The molecule has 0 rings (SSSR count). The van der Waals surface area contributed by atoms with Crippen LogP contribution in [-0.4, -0.2) is 37.2 Å². The van der Waals surface area contributed by atoms with E-state index >= 15 is 0 Å². The van der Waals surface area contributed by atoms with E-state index < -0.39 is 6.10 Å². The van der Waals surface area contributed by atoms with Crippen molar-refractivity contribution in [3.05, 3.63) is 97.2 Å². The van der Waals surface area contributed by atoms with E-state index in [1.807, 2.05) is 0 Å². The van der Waals surface area contributed by atoms with Gasteiger partial charge >= 0.3 is 17.9 Å². The first-order valence-electron chi connectivity index (χ1n) is 27.2. The number of ether oxygens (including phenoxy) is 3. The summed E-state index contributed by atoms with van der Waals surface area (Å²) in [5, 5.41) is 0. The molecular formula is C60H100O6. The zero-order valence-electron chi connectivity index (χ0n) is 42.9. The molecule has 1 atom stereocenters. The molecule has 0 saturated heterocycles. The van der Waals surface area contributed by atoms with Crippen LogP contribution in [0.2, 0.25) is 0 Å². The second-order valence-corrected chi connectivity index (χ2v) is 17.8. The number of unbranched alkanes of at least 4 members (excludes halogenated alkanes) is 21. The minimum absolute atomic E-state index is 0.0832. The third kappa shape index (κ3) is 51.3. The van der Waals surface area contributed by atoms with Gasteiger partial charge in [-0.3, -0.25) is 14.4 Å². The van der Waals surface area contributed by atoms with Crippen LogP contribution in [0.15, 0.2) is 97.2 Å². The summed E-state index contributed by atoms with van der Waals surface area (Å²) < 4.78 is 16.7. The van der Waals surface area contributed by atoms with E-state index in [-0.39, 0.29) is 31.1 Å². The number of carbonyl (C=O) groups is 3. The highest BCUT2D eigenvalue weighted by molar-refractivity contribution is 5.71. The van der Waals surface area contributed by atoms with Gasteiger partial charge in [-0.25, -0.2) is 0 Å². The summed E-state index contributed by atoms with van der Waals surface area (Å²) in [5.41, 5.74) is 0. The molecule has 0 amide bonds. The van der Waals surface area contributed by atoms with E-state index in [0.717, 1.165) is 122 Å². The largest absolute Gasteiger partial charge is 0.462 e. The molecule has 0 aliphatic carbocycles. The van der Waals surface area contributed by atoms with Crippen molar-refractivity contribution in [1.82, 2.24) is 0 Å². The van der Waals surface area contributed by atoms with Crippen molar-refractivity contribution in [1.29, 1.82) is 0 Å². The number of carbonyl (C=O) groups excluding carboxylic acids is 3. The molecule has 0 aromatic heterocycles. The number of allylic oxidation sites excluding steroid dienone is 16. The Balaban J connectivity index is 4.23. The van der Waals surface area contributed by atoms with Crippen LogP contribution in [0.1, 0.15) is 245 Å². The zero-order chi connectivity index (χ0) is 47.9. The molecule has 0 spiro atoms. The van der Waals surface area contributed by atoms with E-state index in [4.69, 9.17) is 14.2 Å². The summed E-state index contributed by atoms with van der Waals surface area (Å²) in [6, 6.07) is 0. The van der Waals surface area contributed by atoms with Crippen LogP contribution in [0, 0.1) is 0 Å². The second-order valence-electron chi connectivity index (χ2n) is 17.8.